The van der Waals surface area contributed by atoms with Crippen molar-refractivity contribution in [3.05, 3.63) is 47.2 Å². The Hall–Kier alpha value is -1.29. The smallest absolute Gasteiger partial charge is 0.130 e. The van der Waals surface area contributed by atoms with Crippen LogP contribution in [0.2, 0.25) is 0 Å². The van der Waals surface area contributed by atoms with Crippen LogP contribution in [0.15, 0.2) is 30.3 Å². The molecule has 1 fully saturated rings. The molecule has 0 aliphatic carbocycles. The van der Waals surface area contributed by atoms with Crippen LogP contribution in [0.5, 0.6) is 0 Å². The van der Waals surface area contributed by atoms with Crippen molar-refractivity contribution in [1.29, 1.82) is 0 Å². The zero-order chi connectivity index (χ0) is 14.1. The van der Waals surface area contributed by atoms with Crippen LogP contribution >= 0.6 is 15.9 Å². The molecule has 1 aromatic carbocycles. The predicted molar refractivity (Wildman–Crippen MR) is 86.6 cm³/mol. The first-order valence-corrected chi connectivity index (χ1v) is 8.21. The van der Waals surface area contributed by atoms with Crippen LogP contribution in [0, 0.1) is 6.92 Å². The quantitative estimate of drug-likeness (QED) is 0.800. The van der Waals surface area contributed by atoms with Gasteiger partial charge in [-0.15, -0.1) is 0 Å². The number of aromatic nitrogens is 2. The highest BCUT2D eigenvalue weighted by molar-refractivity contribution is 9.08. The highest BCUT2D eigenvalue weighted by Crippen LogP contribution is 2.33. The molecule has 0 saturated carbocycles. The summed E-state index contributed by atoms with van der Waals surface area (Å²) in [6.45, 7) is 4.28. The van der Waals surface area contributed by atoms with Crippen LogP contribution in [-0.4, -0.2) is 22.9 Å². The molecule has 1 saturated heterocycles. The summed E-state index contributed by atoms with van der Waals surface area (Å²) >= 11 is 3.60. The third-order valence-corrected chi connectivity index (χ3v) is 4.77. The van der Waals surface area contributed by atoms with Crippen LogP contribution in [0.4, 0.5) is 5.82 Å². The summed E-state index contributed by atoms with van der Waals surface area (Å²) in [6.07, 6.45) is 1.22. The number of alkyl halides is 1. The van der Waals surface area contributed by atoms with Crippen LogP contribution in [0.25, 0.3) is 0 Å². The molecule has 2 heterocycles. The van der Waals surface area contributed by atoms with Crippen LogP contribution in [-0.2, 0) is 12.4 Å². The molecule has 1 aromatic heterocycles. The Morgan fingerprint density at radius 1 is 1.30 bits per heavy atom. The van der Waals surface area contributed by atoms with Crippen molar-refractivity contribution in [1.82, 2.24) is 9.78 Å². The summed E-state index contributed by atoms with van der Waals surface area (Å²) in [6, 6.07) is 10.8. The lowest BCUT2D eigenvalue weighted by atomic mass is 9.99. The minimum atomic E-state index is 0.634. The van der Waals surface area contributed by atoms with Gasteiger partial charge >= 0.3 is 0 Å². The molecule has 0 bridgehead atoms. The van der Waals surface area contributed by atoms with E-state index in [1.165, 1.54) is 23.4 Å². The van der Waals surface area contributed by atoms with Gasteiger partial charge in [0, 0.05) is 36.9 Å². The first-order valence-electron chi connectivity index (χ1n) is 7.09. The van der Waals surface area contributed by atoms with Crippen molar-refractivity contribution in [2.24, 2.45) is 7.05 Å². The maximum atomic E-state index is 4.57. The maximum Gasteiger partial charge on any atom is 0.130 e. The van der Waals surface area contributed by atoms with E-state index in [1.807, 2.05) is 11.7 Å². The highest BCUT2D eigenvalue weighted by Gasteiger charge is 2.28. The molecule has 0 amide bonds. The third-order valence-electron chi connectivity index (χ3n) is 4.21. The topological polar surface area (TPSA) is 21.1 Å². The average Bonchev–Trinajstić information content (AvgIpc) is 3.03. The lowest BCUT2D eigenvalue weighted by Crippen LogP contribution is -2.23. The standard InChI is InChI=1S/C16H20BrN3/c1-12-15(10-17)16(19(2)18-12)20-9-8-14(11-20)13-6-4-3-5-7-13/h3-7,14H,8-11H2,1-2H3. The molecule has 1 atom stereocenters. The van der Waals surface area contributed by atoms with E-state index in [0.29, 0.717) is 5.92 Å². The minimum absolute atomic E-state index is 0.634. The molecule has 1 aliphatic heterocycles. The van der Waals surface area contributed by atoms with E-state index in [0.717, 1.165) is 24.1 Å². The summed E-state index contributed by atoms with van der Waals surface area (Å²) < 4.78 is 2.03. The van der Waals surface area contributed by atoms with E-state index in [-0.39, 0.29) is 0 Å². The molecule has 0 radical (unpaired) electrons. The molecule has 3 rings (SSSR count). The fourth-order valence-electron chi connectivity index (χ4n) is 3.19. The lowest BCUT2D eigenvalue weighted by Gasteiger charge is -2.20. The largest absolute Gasteiger partial charge is 0.356 e. The van der Waals surface area contributed by atoms with Crippen LogP contribution < -0.4 is 4.90 Å². The van der Waals surface area contributed by atoms with Gasteiger partial charge in [-0.3, -0.25) is 4.68 Å². The zero-order valence-corrected chi connectivity index (χ0v) is 13.6. The summed E-state index contributed by atoms with van der Waals surface area (Å²) in [5, 5.41) is 5.44. The number of benzene rings is 1. The summed E-state index contributed by atoms with van der Waals surface area (Å²) in [5.41, 5.74) is 3.90. The first kappa shape index (κ1) is 13.7. The third kappa shape index (κ3) is 2.37. The van der Waals surface area contributed by atoms with E-state index >= 15 is 0 Å². The van der Waals surface area contributed by atoms with E-state index in [9.17, 15) is 0 Å². The van der Waals surface area contributed by atoms with Gasteiger partial charge in [0.05, 0.1) is 5.69 Å². The molecule has 1 unspecified atom stereocenters. The highest BCUT2D eigenvalue weighted by atomic mass is 79.9. The van der Waals surface area contributed by atoms with Gasteiger partial charge in [0.1, 0.15) is 5.82 Å². The number of anilines is 1. The second-order valence-electron chi connectivity index (χ2n) is 5.49. The fourth-order valence-corrected chi connectivity index (χ4v) is 3.85. The number of hydrogen-bond donors (Lipinski definition) is 0. The monoisotopic (exact) mass is 333 g/mol. The SMILES string of the molecule is Cc1nn(C)c(N2CCC(c3ccccc3)C2)c1CBr. The van der Waals surface area contributed by atoms with Crippen molar-refractivity contribution in [2.45, 2.75) is 24.6 Å². The molecule has 2 aromatic rings. The Morgan fingerprint density at radius 3 is 2.75 bits per heavy atom. The number of aryl methyl sites for hydroxylation is 2. The van der Waals surface area contributed by atoms with Crippen molar-refractivity contribution in [3.63, 3.8) is 0 Å². The van der Waals surface area contributed by atoms with Crippen molar-refractivity contribution >= 4 is 21.7 Å². The number of rotatable bonds is 3. The molecule has 1 aliphatic rings. The van der Waals surface area contributed by atoms with Gasteiger partial charge in [-0.2, -0.15) is 5.10 Å². The van der Waals surface area contributed by atoms with Gasteiger partial charge in [0.25, 0.3) is 0 Å². The van der Waals surface area contributed by atoms with Gasteiger partial charge in [-0.25, -0.2) is 0 Å². The number of halogens is 1. The summed E-state index contributed by atoms with van der Waals surface area (Å²) in [7, 11) is 2.05. The second kappa shape index (κ2) is 5.60. The zero-order valence-electron chi connectivity index (χ0n) is 12.0. The van der Waals surface area contributed by atoms with Crippen LogP contribution in [0.1, 0.15) is 29.2 Å². The molecule has 3 nitrogen and oxygen atoms in total. The van der Waals surface area contributed by atoms with Crippen molar-refractivity contribution in [3.8, 4) is 0 Å². The van der Waals surface area contributed by atoms with Crippen LogP contribution in [0.3, 0.4) is 0 Å². The molecule has 0 N–H and O–H groups in total. The van der Waals surface area contributed by atoms with Gasteiger partial charge in [0.2, 0.25) is 0 Å². The van der Waals surface area contributed by atoms with Gasteiger partial charge in [0.15, 0.2) is 0 Å². The minimum Gasteiger partial charge on any atom is -0.356 e. The Morgan fingerprint density at radius 2 is 2.05 bits per heavy atom. The predicted octanol–water partition coefficient (Wildman–Crippen LogP) is 3.62. The molecule has 4 heteroatoms. The van der Waals surface area contributed by atoms with E-state index < -0.39 is 0 Å². The molecular formula is C16H20BrN3. The Kier molecular flexibility index (Phi) is 3.83. The lowest BCUT2D eigenvalue weighted by molar-refractivity contribution is 0.725. The van der Waals surface area contributed by atoms with E-state index in [1.54, 1.807) is 0 Å². The maximum absolute atomic E-state index is 4.57. The molecular weight excluding hydrogens is 314 g/mol. The summed E-state index contributed by atoms with van der Waals surface area (Å²) in [5.74, 6) is 1.91. The van der Waals surface area contributed by atoms with Gasteiger partial charge < -0.3 is 4.90 Å². The first-order chi connectivity index (χ1) is 9.70. The van der Waals surface area contributed by atoms with E-state index in [4.69, 9.17) is 0 Å². The Balaban J connectivity index is 1.84. The average molecular weight is 334 g/mol. The second-order valence-corrected chi connectivity index (χ2v) is 6.05. The van der Waals surface area contributed by atoms with E-state index in [2.05, 4.69) is 63.2 Å². The number of hydrogen-bond acceptors (Lipinski definition) is 2. The number of nitrogens with zero attached hydrogens (tertiary/aromatic N) is 3. The van der Waals surface area contributed by atoms with Gasteiger partial charge in [-0.1, -0.05) is 46.3 Å². The Bertz CT molecular complexity index is 591. The Labute approximate surface area is 128 Å². The summed E-state index contributed by atoms with van der Waals surface area (Å²) in [4.78, 5) is 2.48. The normalized spacial score (nSPS) is 18.8. The molecule has 106 valence electrons. The fraction of sp³-hybridized carbons (Fsp3) is 0.438. The van der Waals surface area contributed by atoms with Crippen molar-refractivity contribution < 1.29 is 0 Å². The van der Waals surface area contributed by atoms with Crippen molar-refractivity contribution in [2.75, 3.05) is 18.0 Å². The molecule has 0 spiro atoms. The molecule has 20 heavy (non-hydrogen) atoms. The van der Waals surface area contributed by atoms with Gasteiger partial charge in [-0.05, 0) is 18.9 Å².